The van der Waals surface area contributed by atoms with Gasteiger partial charge in [0.15, 0.2) is 5.03 Å². The number of rotatable bonds is 7. The van der Waals surface area contributed by atoms with Crippen LogP contribution >= 0.6 is 0 Å². The number of hydrogen-bond donors (Lipinski definition) is 2. The first-order valence-corrected chi connectivity index (χ1v) is 12.1. The van der Waals surface area contributed by atoms with Gasteiger partial charge in [0.1, 0.15) is 24.3 Å². The average Bonchev–Trinajstić information content (AvgIpc) is 2.75. The maximum atomic E-state index is 13.5. The first kappa shape index (κ1) is 26.5. The van der Waals surface area contributed by atoms with Crippen LogP contribution in [0.2, 0.25) is 0 Å². The molecule has 1 atom stereocenters. The van der Waals surface area contributed by atoms with Gasteiger partial charge in [0.2, 0.25) is 5.91 Å². The fourth-order valence-electron chi connectivity index (χ4n) is 3.18. The van der Waals surface area contributed by atoms with Crippen LogP contribution < -0.4 is 19.7 Å². The second-order valence-electron chi connectivity index (χ2n) is 8.83. The van der Waals surface area contributed by atoms with Crippen molar-refractivity contribution in [3.05, 3.63) is 42.1 Å². The Kier molecular flexibility index (Phi) is 7.50. The Hall–Kier alpha value is -3.06. The van der Waals surface area contributed by atoms with Gasteiger partial charge in [-0.1, -0.05) is 6.07 Å². The molecule has 3 rings (SSSR count). The normalized spacial score (nSPS) is 16.3. The lowest BCUT2D eigenvalue weighted by Gasteiger charge is -2.35. The molecule has 0 saturated heterocycles. The molecule has 1 amide bonds. The molecule has 1 unspecified atom stereocenters. The summed E-state index contributed by atoms with van der Waals surface area (Å²) < 4.78 is 78.9. The van der Waals surface area contributed by atoms with Crippen molar-refractivity contribution in [2.45, 2.75) is 50.6 Å². The first-order valence-electron chi connectivity index (χ1n) is 10.7. The summed E-state index contributed by atoms with van der Waals surface area (Å²) in [4.78, 5) is 14.7. The Morgan fingerprint density at radius 3 is 2.57 bits per heavy atom. The van der Waals surface area contributed by atoms with E-state index in [0.717, 1.165) is 16.4 Å². The summed E-state index contributed by atoms with van der Waals surface area (Å²) in [7, 11) is -4.52. The molecule has 9 nitrogen and oxygen atoms in total. The number of halogens is 3. The molecule has 0 aliphatic carbocycles. The van der Waals surface area contributed by atoms with E-state index in [9.17, 15) is 26.4 Å². The lowest BCUT2D eigenvalue weighted by Crippen LogP contribution is -2.48. The van der Waals surface area contributed by atoms with Crippen LogP contribution in [0.25, 0.3) is 0 Å². The Balaban J connectivity index is 1.99. The zero-order valence-electron chi connectivity index (χ0n) is 19.6. The van der Waals surface area contributed by atoms with Crippen molar-refractivity contribution in [2.24, 2.45) is 0 Å². The van der Waals surface area contributed by atoms with E-state index in [1.807, 2.05) is 20.8 Å². The molecule has 35 heavy (non-hydrogen) atoms. The number of carbonyl (C=O) groups is 1. The molecule has 0 bridgehead atoms. The first-order chi connectivity index (χ1) is 16.2. The van der Waals surface area contributed by atoms with E-state index >= 15 is 0 Å². The summed E-state index contributed by atoms with van der Waals surface area (Å²) in [5.74, 6) is -0.156. The number of nitrogens with zero attached hydrogens (tertiary/aromatic N) is 2. The largest absolute Gasteiger partial charge is 0.484 e. The number of fused-ring (bicyclic) bond motifs is 1. The zero-order chi connectivity index (χ0) is 26.0. The van der Waals surface area contributed by atoms with Gasteiger partial charge in [0, 0.05) is 12.6 Å². The predicted molar refractivity (Wildman–Crippen MR) is 123 cm³/mol. The van der Waals surface area contributed by atoms with Crippen LogP contribution in [0.5, 0.6) is 5.75 Å². The topological polar surface area (TPSA) is 110 Å². The molecule has 0 fully saturated rings. The molecule has 2 heterocycles. The molecule has 0 radical (unpaired) electrons. The SMILES string of the molecule is CC(=O)NCC1CN(S(=O)(=O)c2cccc(C(F)(F)F)n2)c2cc(NCOC(C)(C)C)ccc2O1. The third-order valence-corrected chi connectivity index (χ3v) is 6.50. The van der Waals surface area contributed by atoms with Gasteiger partial charge in [-0.3, -0.25) is 9.10 Å². The molecule has 1 aliphatic rings. The predicted octanol–water partition coefficient (Wildman–Crippen LogP) is 3.38. The fraction of sp³-hybridized carbons (Fsp3) is 0.455. The van der Waals surface area contributed by atoms with Gasteiger partial charge in [-0.2, -0.15) is 21.6 Å². The number of anilines is 2. The van der Waals surface area contributed by atoms with Gasteiger partial charge >= 0.3 is 6.18 Å². The number of pyridine rings is 1. The number of alkyl halides is 3. The number of amides is 1. The van der Waals surface area contributed by atoms with Crippen LogP contribution in [0.15, 0.2) is 41.4 Å². The van der Waals surface area contributed by atoms with Gasteiger partial charge in [0.05, 0.1) is 24.4 Å². The fourth-order valence-corrected chi connectivity index (χ4v) is 4.63. The molecule has 0 spiro atoms. The van der Waals surface area contributed by atoms with E-state index in [1.165, 1.54) is 19.1 Å². The number of hydrogen-bond acceptors (Lipinski definition) is 7. The van der Waals surface area contributed by atoms with Crippen molar-refractivity contribution in [3.8, 4) is 5.75 Å². The third kappa shape index (κ3) is 6.75. The Morgan fingerprint density at radius 1 is 1.23 bits per heavy atom. The van der Waals surface area contributed by atoms with E-state index in [2.05, 4.69) is 15.6 Å². The summed E-state index contributed by atoms with van der Waals surface area (Å²) in [5.41, 5.74) is -1.11. The van der Waals surface area contributed by atoms with E-state index in [-0.39, 0.29) is 37.2 Å². The van der Waals surface area contributed by atoms with Crippen LogP contribution in [0.4, 0.5) is 24.5 Å². The van der Waals surface area contributed by atoms with Gasteiger partial charge in [-0.15, -0.1) is 0 Å². The minimum atomic E-state index is -4.81. The monoisotopic (exact) mass is 516 g/mol. The number of carbonyl (C=O) groups excluding carboxylic acids is 1. The molecule has 1 aliphatic heterocycles. The Bertz CT molecular complexity index is 1180. The lowest BCUT2D eigenvalue weighted by molar-refractivity contribution is -0.141. The van der Waals surface area contributed by atoms with Gasteiger partial charge in [0.25, 0.3) is 10.0 Å². The van der Waals surface area contributed by atoms with Gasteiger partial charge < -0.3 is 20.1 Å². The second-order valence-corrected chi connectivity index (χ2v) is 10.6. The van der Waals surface area contributed by atoms with Gasteiger partial charge in [-0.25, -0.2) is 4.98 Å². The molecular formula is C22H27F3N4O5S. The van der Waals surface area contributed by atoms with Crippen LogP contribution in [0.3, 0.4) is 0 Å². The number of nitrogens with one attached hydrogen (secondary N) is 2. The van der Waals surface area contributed by atoms with Crippen molar-refractivity contribution >= 4 is 27.3 Å². The molecule has 1 aromatic heterocycles. The zero-order valence-corrected chi connectivity index (χ0v) is 20.5. The third-order valence-electron chi connectivity index (χ3n) is 4.82. The van der Waals surface area contributed by atoms with E-state index < -0.39 is 38.6 Å². The summed E-state index contributed by atoms with van der Waals surface area (Å²) in [6.07, 6.45) is -5.60. The maximum Gasteiger partial charge on any atom is 0.433 e. The minimum Gasteiger partial charge on any atom is -0.484 e. The lowest BCUT2D eigenvalue weighted by atomic mass is 10.2. The highest BCUT2D eigenvalue weighted by molar-refractivity contribution is 7.92. The number of ether oxygens (including phenoxy) is 2. The van der Waals surface area contributed by atoms with Crippen LogP contribution in [-0.4, -0.2) is 50.8 Å². The standard InChI is InChI=1S/C22H27F3N4O5S/c1-14(30)26-11-16-12-29(35(31,32)20-7-5-6-19(28-20)22(23,24)25)17-10-15(8-9-18(17)34-16)27-13-33-21(2,3)4/h5-10,16,27H,11-13H2,1-4H3,(H,26,30). The molecule has 1 aromatic carbocycles. The second kappa shape index (κ2) is 9.90. The molecule has 2 aromatic rings. The van der Waals surface area contributed by atoms with E-state index in [1.54, 1.807) is 6.07 Å². The highest BCUT2D eigenvalue weighted by Crippen LogP contribution is 2.39. The van der Waals surface area contributed by atoms with Crippen LogP contribution in [-0.2, 0) is 25.7 Å². The Morgan fingerprint density at radius 2 is 1.94 bits per heavy atom. The highest BCUT2D eigenvalue weighted by atomic mass is 32.2. The summed E-state index contributed by atoms with van der Waals surface area (Å²) >= 11 is 0. The molecule has 2 N–H and O–H groups in total. The van der Waals surface area contributed by atoms with E-state index in [4.69, 9.17) is 9.47 Å². The van der Waals surface area contributed by atoms with Crippen molar-refractivity contribution in [1.29, 1.82) is 0 Å². The summed E-state index contributed by atoms with van der Waals surface area (Å²) in [5, 5.41) is 4.83. The minimum absolute atomic E-state index is 0.00373. The van der Waals surface area contributed by atoms with Crippen LogP contribution in [0, 0.1) is 0 Å². The molecule has 192 valence electrons. The van der Waals surface area contributed by atoms with Crippen LogP contribution in [0.1, 0.15) is 33.4 Å². The Labute approximate surface area is 201 Å². The van der Waals surface area contributed by atoms with Crippen molar-refractivity contribution in [3.63, 3.8) is 0 Å². The quantitative estimate of drug-likeness (QED) is 0.543. The maximum absolute atomic E-state index is 13.5. The van der Waals surface area contributed by atoms with E-state index in [0.29, 0.717) is 11.8 Å². The molecular weight excluding hydrogens is 489 g/mol. The average molecular weight is 517 g/mol. The number of sulfonamides is 1. The summed E-state index contributed by atoms with van der Waals surface area (Å²) in [6.45, 7) is 6.81. The van der Waals surface area contributed by atoms with Crippen molar-refractivity contribution in [2.75, 3.05) is 29.4 Å². The molecule has 0 saturated carbocycles. The number of aromatic nitrogens is 1. The summed E-state index contributed by atoms with van der Waals surface area (Å²) in [6, 6.07) is 7.38. The van der Waals surface area contributed by atoms with Crippen molar-refractivity contribution in [1.82, 2.24) is 10.3 Å². The van der Waals surface area contributed by atoms with Gasteiger partial charge in [-0.05, 0) is 51.1 Å². The number of benzene rings is 1. The highest BCUT2D eigenvalue weighted by Gasteiger charge is 2.38. The van der Waals surface area contributed by atoms with Crippen molar-refractivity contribution < 1.29 is 35.9 Å². The molecule has 13 heteroatoms. The smallest absolute Gasteiger partial charge is 0.433 e.